The van der Waals surface area contributed by atoms with Gasteiger partial charge in [-0.3, -0.25) is 0 Å². The number of benzene rings is 1. The first-order valence-corrected chi connectivity index (χ1v) is 19.2. The van der Waals surface area contributed by atoms with Crippen LogP contribution >= 0.6 is 0 Å². The second kappa shape index (κ2) is 12.8. The van der Waals surface area contributed by atoms with Crippen LogP contribution in [0.2, 0.25) is 13.3 Å². The number of allylic oxidation sites excluding steroid dienone is 1. The normalized spacial score (nSPS) is 17.6. The monoisotopic (exact) mass is 494 g/mol. The van der Waals surface area contributed by atoms with Gasteiger partial charge in [0.15, 0.2) is 0 Å². The summed E-state index contributed by atoms with van der Waals surface area (Å²) in [5, 5.41) is 0. The van der Waals surface area contributed by atoms with Gasteiger partial charge in [-0.2, -0.15) is 0 Å². The van der Waals surface area contributed by atoms with E-state index >= 15 is 0 Å². The molecule has 1 aromatic rings. The molecular formula is C25H42O2Sn. The predicted octanol–water partition coefficient (Wildman–Crippen LogP) is 8.21. The Kier molecular flexibility index (Phi) is 10.8. The van der Waals surface area contributed by atoms with Crippen LogP contribution in [0.25, 0.3) is 0 Å². The fourth-order valence-electron chi connectivity index (χ4n) is 4.50. The van der Waals surface area contributed by atoms with Crippen LogP contribution in [0.5, 0.6) is 5.75 Å². The molecule has 158 valence electrons. The Hall–Kier alpha value is -0.641. The Morgan fingerprint density at radius 3 is 2.21 bits per heavy atom. The van der Waals surface area contributed by atoms with Crippen molar-refractivity contribution in [3.05, 3.63) is 39.7 Å². The quantitative estimate of drug-likeness (QED) is 0.273. The molecule has 2 rings (SSSR count). The molecular weight excluding hydrogens is 451 g/mol. The van der Waals surface area contributed by atoms with Crippen LogP contribution in [0.15, 0.2) is 34.1 Å². The molecule has 1 aromatic carbocycles. The van der Waals surface area contributed by atoms with Gasteiger partial charge in [-0.05, 0) is 0 Å². The van der Waals surface area contributed by atoms with E-state index in [2.05, 4.69) is 45.0 Å². The van der Waals surface area contributed by atoms with Crippen molar-refractivity contribution in [2.24, 2.45) is 0 Å². The van der Waals surface area contributed by atoms with Gasteiger partial charge in [0.25, 0.3) is 0 Å². The maximum absolute atomic E-state index is 6.95. The average Bonchev–Trinajstić information content (AvgIpc) is 3.00. The molecule has 0 saturated heterocycles. The Bertz CT molecular complexity index is 574. The van der Waals surface area contributed by atoms with Gasteiger partial charge in [0.1, 0.15) is 0 Å². The van der Waals surface area contributed by atoms with Crippen LogP contribution in [0.1, 0.15) is 90.2 Å². The van der Waals surface area contributed by atoms with Gasteiger partial charge < -0.3 is 0 Å². The number of rotatable bonds is 12. The molecule has 1 heterocycles. The topological polar surface area (TPSA) is 18.5 Å². The number of methoxy groups -OCH3 is 1. The molecule has 1 unspecified atom stereocenters. The molecule has 0 N–H and O–H groups in total. The van der Waals surface area contributed by atoms with E-state index in [1.54, 1.807) is 7.11 Å². The molecule has 1 aliphatic rings. The summed E-state index contributed by atoms with van der Waals surface area (Å²) in [6.07, 6.45) is 14.3. The van der Waals surface area contributed by atoms with E-state index < -0.39 is 18.4 Å². The van der Waals surface area contributed by atoms with E-state index in [0.29, 0.717) is 0 Å². The molecule has 28 heavy (non-hydrogen) atoms. The molecule has 0 saturated carbocycles. The van der Waals surface area contributed by atoms with E-state index in [1.807, 2.05) is 6.07 Å². The van der Waals surface area contributed by atoms with Gasteiger partial charge >= 0.3 is 178 Å². The number of hydrogen-bond acceptors (Lipinski definition) is 2. The van der Waals surface area contributed by atoms with Gasteiger partial charge in [-0.25, -0.2) is 0 Å². The molecule has 3 heteroatoms. The van der Waals surface area contributed by atoms with E-state index in [4.69, 9.17) is 9.47 Å². The van der Waals surface area contributed by atoms with Crippen molar-refractivity contribution >= 4 is 18.4 Å². The average molecular weight is 493 g/mol. The first-order valence-electron chi connectivity index (χ1n) is 11.7. The molecule has 2 nitrogen and oxygen atoms in total. The number of ether oxygens (including phenoxy) is 2. The van der Waals surface area contributed by atoms with E-state index in [1.165, 1.54) is 74.0 Å². The van der Waals surface area contributed by atoms with Crippen LogP contribution in [0, 0.1) is 0 Å². The van der Waals surface area contributed by atoms with Crippen molar-refractivity contribution in [2.45, 2.75) is 98.0 Å². The first kappa shape index (κ1) is 23.6. The summed E-state index contributed by atoms with van der Waals surface area (Å²) in [4.78, 5) is 0. The maximum atomic E-state index is 6.95. The molecule has 0 radical (unpaired) electrons. The zero-order valence-electron chi connectivity index (χ0n) is 18.8. The fourth-order valence-corrected chi connectivity index (χ4v) is 20.3. The fraction of sp³-hybridized carbons (Fsp3) is 0.680. The minimum atomic E-state index is -2.50. The minimum absolute atomic E-state index is 0.199. The van der Waals surface area contributed by atoms with E-state index in [-0.39, 0.29) is 6.10 Å². The Morgan fingerprint density at radius 2 is 1.64 bits per heavy atom. The van der Waals surface area contributed by atoms with Gasteiger partial charge in [0.2, 0.25) is 0 Å². The van der Waals surface area contributed by atoms with Crippen molar-refractivity contribution in [3.8, 4) is 5.75 Å². The Balaban J connectivity index is 2.31. The van der Waals surface area contributed by atoms with Gasteiger partial charge in [-0.15, -0.1) is 0 Å². The Morgan fingerprint density at radius 1 is 1.00 bits per heavy atom. The number of hydrogen-bond donors (Lipinski definition) is 0. The number of unbranched alkanes of at least 4 members (excludes halogenated alkanes) is 3. The van der Waals surface area contributed by atoms with Crippen LogP contribution in [-0.2, 0) is 4.74 Å². The summed E-state index contributed by atoms with van der Waals surface area (Å²) in [5.41, 5.74) is 1.29. The molecule has 0 amide bonds. The predicted molar refractivity (Wildman–Crippen MR) is 124 cm³/mol. The van der Waals surface area contributed by atoms with Crippen molar-refractivity contribution in [2.75, 3.05) is 7.11 Å². The van der Waals surface area contributed by atoms with E-state index in [9.17, 15) is 0 Å². The molecule has 1 atom stereocenters. The van der Waals surface area contributed by atoms with Crippen molar-refractivity contribution in [3.63, 3.8) is 0 Å². The zero-order chi connectivity index (χ0) is 20.2. The SMILES string of the molecule is CCC[CH2][Sn]([CH2]CCC)([CH2]CCC)[C]1=CCCCC(c2cccc(OC)c2)O1. The summed E-state index contributed by atoms with van der Waals surface area (Å²) in [7, 11) is 1.75. The van der Waals surface area contributed by atoms with Crippen LogP contribution in [-0.4, -0.2) is 25.5 Å². The van der Waals surface area contributed by atoms with Crippen LogP contribution in [0.3, 0.4) is 0 Å². The van der Waals surface area contributed by atoms with Crippen molar-refractivity contribution < 1.29 is 9.47 Å². The van der Waals surface area contributed by atoms with Gasteiger partial charge in [-0.1, -0.05) is 0 Å². The third kappa shape index (κ3) is 6.71. The summed E-state index contributed by atoms with van der Waals surface area (Å²) in [5.74, 6) is 0.939. The third-order valence-corrected chi connectivity index (χ3v) is 21.4. The summed E-state index contributed by atoms with van der Waals surface area (Å²) in [6, 6.07) is 8.53. The summed E-state index contributed by atoms with van der Waals surface area (Å²) >= 11 is -2.50. The van der Waals surface area contributed by atoms with E-state index in [0.717, 1.165) is 12.2 Å². The van der Waals surface area contributed by atoms with Gasteiger partial charge in [0.05, 0.1) is 0 Å². The molecule has 0 bridgehead atoms. The Labute approximate surface area is 178 Å². The van der Waals surface area contributed by atoms with Crippen LogP contribution in [0.4, 0.5) is 0 Å². The molecule has 0 fully saturated rings. The summed E-state index contributed by atoms with van der Waals surface area (Å²) in [6.45, 7) is 7.03. The van der Waals surface area contributed by atoms with Crippen molar-refractivity contribution in [1.82, 2.24) is 0 Å². The van der Waals surface area contributed by atoms with Crippen molar-refractivity contribution in [1.29, 1.82) is 0 Å². The standard InChI is InChI=1S/C13H15O2.3C4H9.Sn/c1-14-12-7-5-6-11(10-12)13-8-3-2-4-9-15-13;3*1-3-4-2;/h4-7,10,13H,2-3,8H2,1H3;3*1,3-4H2,2H3;. The third-order valence-electron chi connectivity index (χ3n) is 6.28. The second-order valence-corrected chi connectivity index (χ2v) is 21.5. The molecule has 0 aliphatic carbocycles. The second-order valence-electron chi connectivity index (χ2n) is 8.47. The zero-order valence-corrected chi connectivity index (χ0v) is 21.6. The summed E-state index contributed by atoms with van der Waals surface area (Å²) < 4.78 is 18.4. The molecule has 0 spiro atoms. The van der Waals surface area contributed by atoms with Crippen LogP contribution < -0.4 is 4.74 Å². The molecule has 1 aliphatic heterocycles. The van der Waals surface area contributed by atoms with Gasteiger partial charge in [0, 0.05) is 0 Å². The first-order chi connectivity index (χ1) is 13.7. The molecule has 0 aromatic heterocycles.